The molecule has 5 heteroatoms. The van der Waals surface area contributed by atoms with Crippen LogP contribution in [0.2, 0.25) is 0 Å². The molecule has 1 aliphatic rings. The third-order valence-electron chi connectivity index (χ3n) is 4.18. The van der Waals surface area contributed by atoms with Crippen LogP contribution in [-0.4, -0.2) is 16.9 Å². The lowest BCUT2D eigenvalue weighted by molar-refractivity contribution is 0.102. The van der Waals surface area contributed by atoms with Gasteiger partial charge in [0.2, 0.25) is 0 Å². The zero-order chi connectivity index (χ0) is 16.2. The third-order valence-corrected chi connectivity index (χ3v) is 4.18. The Labute approximate surface area is 136 Å². The molecule has 1 heterocycles. The van der Waals surface area contributed by atoms with Crippen molar-refractivity contribution in [2.75, 3.05) is 10.6 Å². The van der Waals surface area contributed by atoms with E-state index in [0.717, 1.165) is 11.4 Å². The van der Waals surface area contributed by atoms with E-state index < -0.39 is 0 Å². The van der Waals surface area contributed by atoms with Crippen LogP contribution in [0.15, 0.2) is 35.1 Å². The van der Waals surface area contributed by atoms with Crippen molar-refractivity contribution in [1.29, 1.82) is 0 Å². The summed E-state index contributed by atoms with van der Waals surface area (Å²) in [6.45, 7) is 3.95. The molecular formula is C18H23N3O2. The maximum Gasteiger partial charge on any atom is 0.277 e. The van der Waals surface area contributed by atoms with Gasteiger partial charge in [-0.05, 0) is 31.0 Å². The zero-order valence-corrected chi connectivity index (χ0v) is 13.6. The quantitative estimate of drug-likeness (QED) is 0.858. The fourth-order valence-corrected chi connectivity index (χ4v) is 3.02. The van der Waals surface area contributed by atoms with Crippen LogP contribution in [0.1, 0.15) is 61.7 Å². The Kier molecular flexibility index (Phi) is 4.65. The van der Waals surface area contributed by atoms with Crippen molar-refractivity contribution in [2.24, 2.45) is 0 Å². The van der Waals surface area contributed by atoms with E-state index in [1.54, 1.807) is 0 Å². The predicted molar refractivity (Wildman–Crippen MR) is 90.9 cm³/mol. The largest absolute Gasteiger partial charge is 0.447 e. The standard InChI is InChI=1S/C18H23N3O2/c1-12(2)17-16(19-11-23-17)18(22)21-15-9-5-8-14(10-15)20-13-6-3-4-7-13/h5,8-13,20H,3-4,6-7H2,1-2H3,(H,21,22). The lowest BCUT2D eigenvalue weighted by Crippen LogP contribution is -2.16. The van der Waals surface area contributed by atoms with Gasteiger partial charge in [0.1, 0.15) is 5.76 Å². The van der Waals surface area contributed by atoms with E-state index in [1.165, 1.54) is 32.1 Å². The van der Waals surface area contributed by atoms with Crippen LogP contribution < -0.4 is 10.6 Å². The normalized spacial score (nSPS) is 15.1. The van der Waals surface area contributed by atoms with Crippen LogP contribution in [-0.2, 0) is 0 Å². The summed E-state index contributed by atoms with van der Waals surface area (Å²) < 4.78 is 5.31. The summed E-state index contributed by atoms with van der Waals surface area (Å²) in [7, 11) is 0. The van der Waals surface area contributed by atoms with Crippen LogP contribution in [0.5, 0.6) is 0 Å². The van der Waals surface area contributed by atoms with Gasteiger partial charge in [-0.1, -0.05) is 32.8 Å². The van der Waals surface area contributed by atoms with Gasteiger partial charge in [0.05, 0.1) is 0 Å². The molecule has 0 unspecified atom stereocenters. The maximum atomic E-state index is 12.4. The van der Waals surface area contributed by atoms with Crippen molar-refractivity contribution in [2.45, 2.75) is 51.5 Å². The molecule has 0 spiro atoms. The fourth-order valence-electron chi connectivity index (χ4n) is 3.02. The molecule has 5 nitrogen and oxygen atoms in total. The van der Waals surface area contributed by atoms with Gasteiger partial charge >= 0.3 is 0 Å². The molecule has 0 radical (unpaired) electrons. The molecule has 0 aliphatic heterocycles. The molecule has 23 heavy (non-hydrogen) atoms. The minimum Gasteiger partial charge on any atom is -0.447 e. The summed E-state index contributed by atoms with van der Waals surface area (Å²) in [5.41, 5.74) is 2.16. The van der Waals surface area contributed by atoms with Crippen LogP contribution in [0, 0.1) is 0 Å². The van der Waals surface area contributed by atoms with E-state index in [0.29, 0.717) is 17.5 Å². The van der Waals surface area contributed by atoms with Crippen LogP contribution in [0.25, 0.3) is 0 Å². The predicted octanol–water partition coefficient (Wildman–Crippen LogP) is 4.40. The van der Waals surface area contributed by atoms with Gasteiger partial charge in [0, 0.05) is 23.3 Å². The van der Waals surface area contributed by atoms with Crippen LogP contribution in [0.4, 0.5) is 11.4 Å². The molecule has 0 atom stereocenters. The highest BCUT2D eigenvalue weighted by molar-refractivity contribution is 6.03. The van der Waals surface area contributed by atoms with Gasteiger partial charge in [-0.2, -0.15) is 0 Å². The lowest BCUT2D eigenvalue weighted by atomic mass is 10.1. The number of nitrogens with one attached hydrogen (secondary N) is 2. The van der Waals surface area contributed by atoms with E-state index >= 15 is 0 Å². The number of nitrogens with zero attached hydrogens (tertiary/aromatic N) is 1. The van der Waals surface area contributed by atoms with Gasteiger partial charge in [0.15, 0.2) is 12.1 Å². The molecular weight excluding hydrogens is 290 g/mol. The molecule has 1 aliphatic carbocycles. The molecule has 2 aromatic rings. The van der Waals surface area contributed by atoms with Crippen molar-refractivity contribution in [1.82, 2.24) is 4.98 Å². The Morgan fingerprint density at radius 1 is 1.26 bits per heavy atom. The van der Waals surface area contributed by atoms with Crippen molar-refractivity contribution in [3.63, 3.8) is 0 Å². The summed E-state index contributed by atoms with van der Waals surface area (Å²) in [4.78, 5) is 16.4. The first-order valence-corrected chi connectivity index (χ1v) is 8.25. The first-order chi connectivity index (χ1) is 11.1. The number of carbonyl (C=O) groups is 1. The Balaban J connectivity index is 1.69. The number of hydrogen-bond donors (Lipinski definition) is 2. The summed E-state index contributed by atoms with van der Waals surface area (Å²) in [5.74, 6) is 0.497. The number of aromatic nitrogens is 1. The number of hydrogen-bond acceptors (Lipinski definition) is 4. The molecule has 0 bridgehead atoms. The monoisotopic (exact) mass is 313 g/mol. The number of carbonyl (C=O) groups excluding carboxylic acids is 1. The van der Waals surface area contributed by atoms with Gasteiger partial charge in [-0.3, -0.25) is 4.79 Å². The second kappa shape index (κ2) is 6.86. The summed E-state index contributed by atoms with van der Waals surface area (Å²) in [6.07, 6.45) is 6.33. The van der Waals surface area contributed by atoms with Crippen molar-refractivity contribution >= 4 is 17.3 Å². The molecule has 122 valence electrons. The second-order valence-electron chi connectivity index (χ2n) is 6.38. The molecule has 1 fully saturated rings. The smallest absolute Gasteiger partial charge is 0.277 e. The Morgan fingerprint density at radius 3 is 2.74 bits per heavy atom. The van der Waals surface area contributed by atoms with E-state index in [9.17, 15) is 4.79 Å². The van der Waals surface area contributed by atoms with Crippen molar-refractivity contribution < 1.29 is 9.21 Å². The van der Waals surface area contributed by atoms with E-state index in [4.69, 9.17) is 4.42 Å². The molecule has 1 amide bonds. The lowest BCUT2D eigenvalue weighted by Gasteiger charge is -2.14. The summed E-state index contributed by atoms with van der Waals surface area (Å²) >= 11 is 0. The van der Waals surface area contributed by atoms with Gasteiger partial charge in [0.25, 0.3) is 5.91 Å². The number of amides is 1. The highest BCUT2D eigenvalue weighted by Crippen LogP contribution is 2.24. The van der Waals surface area contributed by atoms with E-state index in [1.807, 2.05) is 38.1 Å². The molecule has 2 N–H and O–H groups in total. The molecule has 1 aromatic carbocycles. The molecule has 1 aromatic heterocycles. The minimum absolute atomic E-state index is 0.119. The number of anilines is 2. The zero-order valence-electron chi connectivity index (χ0n) is 13.6. The van der Waals surface area contributed by atoms with Gasteiger partial charge < -0.3 is 15.1 Å². The average Bonchev–Trinajstić information content (AvgIpc) is 3.18. The Morgan fingerprint density at radius 2 is 2.00 bits per heavy atom. The number of rotatable bonds is 5. The van der Waals surface area contributed by atoms with E-state index in [-0.39, 0.29) is 11.8 Å². The average molecular weight is 313 g/mol. The van der Waals surface area contributed by atoms with Crippen LogP contribution >= 0.6 is 0 Å². The van der Waals surface area contributed by atoms with Gasteiger partial charge in [-0.25, -0.2) is 4.98 Å². The highest BCUT2D eigenvalue weighted by atomic mass is 16.3. The first-order valence-electron chi connectivity index (χ1n) is 8.25. The minimum atomic E-state index is -0.236. The highest BCUT2D eigenvalue weighted by Gasteiger charge is 2.19. The molecule has 1 saturated carbocycles. The number of oxazole rings is 1. The third kappa shape index (κ3) is 3.73. The Hall–Kier alpha value is -2.30. The van der Waals surface area contributed by atoms with Crippen molar-refractivity contribution in [3.05, 3.63) is 42.1 Å². The summed E-state index contributed by atoms with van der Waals surface area (Å²) in [5, 5.41) is 6.44. The second-order valence-corrected chi connectivity index (χ2v) is 6.38. The fraction of sp³-hybridized carbons (Fsp3) is 0.444. The first kappa shape index (κ1) is 15.6. The van der Waals surface area contributed by atoms with Crippen LogP contribution in [0.3, 0.4) is 0 Å². The maximum absolute atomic E-state index is 12.4. The summed E-state index contributed by atoms with van der Waals surface area (Å²) in [6, 6.07) is 8.37. The van der Waals surface area contributed by atoms with E-state index in [2.05, 4.69) is 15.6 Å². The van der Waals surface area contributed by atoms with Gasteiger partial charge in [-0.15, -0.1) is 0 Å². The SMILES string of the molecule is CC(C)c1ocnc1C(=O)Nc1cccc(NC2CCCC2)c1. The molecule has 3 rings (SSSR count). The topological polar surface area (TPSA) is 67.2 Å². The number of benzene rings is 1. The molecule has 0 saturated heterocycles. The van der Waals surface area contributed by atoms with Crippen molar-refractivity contribution in [3.8, 4) is 0 Å². The Bertz CT molecular complexity index is 672.